The summed E-state index contributed by atoms with van der Waals surface area (Å²) in [5.74, 6) is 0. The van der Waals surface area contributed by atoms with Crippen LogP contribution in [0.25, 0.3) is 22.2 Å². The van der Waals surface area contributed by atoms with Crippen molar-refractivity contribution in [1.29, 1.82) is 0 Å². The summed E-state index contributed by atoms with van der Waals surface area (Å²) in [6, 6.07) is 8.71. The van der Waals surface area contributed by atoms with Gasteiger partial charge in [-0.1, -0.05) is 0 Å². The molecule has 0 aliphatic rings. The van der Waals surface area contributed by atoms with Crippen molar-refractivity contribution in [2.24, 2.45) is 0 Å². The molecule has 0 atom stereocenters. The first kappa shape index (κ1) is 11.0. The van der Waals surface area contributed by atoms with Gasteiger partial charge in [-0.25, -0.2) is 0 Å². The van der Waals surface area contributed by atoms with E-state index in [-0.39, 0.29) is 0 Å². The Labute approximate surface area is 106 Å². The van der Waals surface area contributed by atoms with E-state index in [1.54, 1.807) is 12.4 Å². The van der Waals surface area contributed by atoms with Gasteiger partial charge in [0.2, 0.25) is 0 Å². The molecule has 0 saturated carbocycles. The lowest BCUT2D eigenvalue weighted by Gasteiger charge is -2.09. The van der Waals surface area contributed by atoms with Gasteiger partial charge in [-0.05, 0) is 43.7 Å². The van der Waals surface area contributed by atoms with Crippen molar-refractivity contribution in [2.45, 2.75) is 19.9 Å². The highest BCUT2D eigenvalue weighted by Crippen LogP contribution is 2.24. The SMILES string of the molecule is CC(C)n1ccc2ncc(-c3ccncc3)cc21. The van der Waals surface area contributed by atoms with E-state index in [4.69, 9.17) is 0 Å². The van der Waals surface area contributed by atoms with Crippen molar-refractivity contribution in [3.8, 4) is 11.1 Å². The second-order valence-corrected chi connectivity index (χ2v) is 4.68. The average molecular weight is 237 g/mol. The van der Waals surface area contributed by atoms with Crippen molar-refractivity contribution < 1.29 is 0 Å². The summed E-state index contributed by atoms with van der Waals surface area (Å²) in [4.78, 5) is 8.56. The third-order valence-corrected chi connectivity index (χ3v) is 3.14. The van der Waals surface area contributed by atoms with Crippen LogP contribution in [0.2, 0.25) is 0 Å². The quantitative estimate of drug-likeness (QED) is 0.680. The van der Waals surface area contributed by atoms with E-state index < -0.39 is 0 Å². The van der Waals surface area contributed by atoms with E-state index in [1.807, 2.05) is 18.3 Å². The second-order valence-electron chi connectivity index (χ2n) is 4.68. The van der Waals surface area contributed by atoms with Gasteiger partial charge in [-0.3, -0.25) is 9.97 Å². The molecule has 0 spiro atoms. The third kappa shape index (κ3) is 1.78. The zero-order valence-electron chi connectivity index (χ0n) is 10.5. The molecule has 3 heterocycles. The Morgan fingerprint density at radius 3 is 2.56 bits per heavy atom. The molecule has 18 heavy (non-hydrogen) atoms. The van der Waals surface area contributed by atoms with Crippen molar-refractivity contribution in [2.75, 3.05) is 0 Å². The molecule has 3 aromatic rings. The first-order valence-electron chi connectivity index (χ1n) is 6.12. The van der Waals surface area contributed by atoms with Crippen molar-refractivity contribution in [3.05, 3.63) is 49.1 Å². The molecule has 3 aromatic heterocycles. The molecule has 0 aliphatic carbocycles. The summed E-state index contributed by atoms with van der Waals surface area (Å²) in [5.41, 5.74) is 4.50. The normalized spacial score (nSPS) is 11.3. The van der Waals surface area contributed by atoms with Crippen molar-refractivity contribution in [3.63, 3.8) is 0 Å². The van der Waals surface area contributed by atoms with Crippen LogP contribution in [0.1, 0.15) is 19.9 Å². The lowest BCUT2D eigenvalue weighted by molar-refractivity contribution is 0.623. The van der Waals surface area contributed by atoms with Crippen LogP contribution in [-0.4, -0.2) is 14.5 Å². The van der Waals surface area contributed by atoms with Gasteiger partial charge in [0.05, 0.1) is 11.0 Å². The molecule has 0 unspecified atom stereocenters. The Morgan fingerprint density at radius 1 is 1.06 bits per heavy atom. The van der Waals surface area contributed by atoms with Crippen LogP contribution in [-0.2, 0) is 0 Å². The van der Waals surface area contributed by atoms with E-state index in [1.165, 1.54) is 5.52 Å². The molecule has 3 rings (SSSR count). The van der Waals surface area contributed by atoms with Crippen LogP contribution >= 0.6 is 0 Å². The molecule has 0 N–H and O–H groups in total. The summed E-state index contributed by atoms with van der Waals surface area (Å²) >= 11 is 0. The number of fused-ring (bicyclic) bond motifs is 1. The Hall–Kier alpha value is -2.16. The largest absolute Gasteiger partial charge is 0.344 e. The minimum Gasteiger partial charge on any atom is -0.344 e. The summed E-state index contributed by atoms with van der Waals surface area (Å²) in [7, 11) is 0. The maximum Gasteiger partial charge on any atom is 0.0881 e. The molecule has 0 saturated heterocycles. The molecule has 0 aliphatic heterocycles. The first-order valence-corrected chi connectivity index (χ1v) is 6.12. The smallest absolute Gasteiger partial charge is 0.0881 e. The predicted molar refractivity (Wildman–Crippen MR) is 73.3 cm³/mol. The summed E-state index contributed by atoms with van der Waals surface area (Å²) in [6.45, 7) is 4.36. The van der Waals surface area contributed by atoms with Crippen molar-refractivity contribution in [1.82, 2.24) is 14.5 Å². The maximum atomic E-state index is 4.52. The van der Waals surface area contributed by atoms with Gasteiger partial charge < -0.3 is 4.57 Å². The second kappa shape index (κ2) is 4.26. The number of hydrogen-bond donors (Lipinski definition) is 0. The number of rotatable bonds is 2. The topological polar surface area (TPSA) is 30.7 Å². The van der Waals surface area contributed by atoms with Gasteiger partial charge in [0, 0.05) is 36.4 Å². The maximum absolute atomic E-state index is 4.52. The van der Waals surface area contributed by atoms with Crippen molar-refractivity contribution >= 4 is 11.0 Å². The van der Waals surface area contributed by atoms with Crippen LogP contribution in [0.4, 0.5) is 0 Å². The summed E-state index contributed by atoms with van der Waals surface area (Å²) in [6.07, 6.45) is 7.63. The fourth-order valence-electron chi connectivity index (χ4n) is 2.18. The van der Waals surface area contributed by atoms with Crippen LogP contribution in [0.5, 0.6) is 0 Å². The molecule has 0 radical (unpaired) electrons. The molecule has 0 fully saturated rings. The fourth-order valence-corrected chi connectivity index (χ4v) is 2.18. The number of nitrogens with zero attached hydrogens (tertiary/aromatic N) is 3. The molecule has 3 heteroatoms. The summed E-state index contributed by atoms with van der Waals surface area (Å²) in [5, 5.41) is 0. The lowest BCUT2D eigenvalue weighted by Crippen LogP contribution is -1.98. The molecule has 0 amide bonds. The van der Waals surface area contributed by atoms with E-state index in [2.05, 4.69) is 46.7 Å². The van der Waals surface area contributed by atoms with E-state index in [0.717, 1.165) is 16.6 Å². The molecule has 0 aromatic carbocycles. The predicted octanol–water partition coefficient (Wildman–Crippen LogP) is 3.68. The van der Waals surface area contributed by atoms with Gasteiger partial charge in [-0.15, -0.1) is 0 Å². The molecule has 3 nitrogen and oxygen atoms in total. The zero-order valence-corrected chi connectivity index (χ0v) is 10.5. The highest BCUT2D eigenvalue weighted by Gasteiger charge is 2.07. The van der Waals surface area contributed by atoms with Crippen LogP contribution < -0.4 is 0 Å². The van der Waals surface area contributed by atoms with Gasteiger partial charge in [0.25, 0.3) is 0 Å². The molecular formula is C15H15N3. The standard InChI is InChI=1S/C15H15N3/c1-11(2)18-8-5-14-15(18)9-13(10-17-14)12-3-6-16-7-4-12/h3-11H,1-2H3. The highest BCUT2D eigenvalue weighted by atomic mass is 15.0. The zero-order chi connectivity index (χ0) is 12.5. The van der Waals surface area contributed by atoms with Gasteiger partial charge >= 0.3 is 0 Å². The van der Waals surface area contributed by atoms with Gasteiger partial charge in [0.15, 0.2) is 0 Å². The Bertz CT molecular complexity index is 669. The molecule has 0 bridgehead atoms. The number of hydrogen-bond acceptors (Lipinski definition) is 2. The third-order valence-electron chi connectivity index (χ3n) is 3.14. The Balaban J connectivity index is 2.18. The molecule has 90 valence electrons. The van der Waals surface area contributed by atoms with Crippen LogP contribution in [0.3, 0.4) is 0 Å². The Morgan fingerprint density at radius 2 is 1.83 bits per heavy atom. The average Bonchev–Trinajstić information content (AvgIpc) is 2.82. The summed E-state index contributed by atoms with van der Waals surface area (Å²) < 4.78 is 2.24. The van der Waals surface area contributed by atoms with Crippen LogP contribution in [0.15, 0.2) is 49.1 Å². The van der Waals surface area contributed by atoms with E-state index in [0.29, 0.717) is 6.04 Å². The number of aromatic nitrogens is 3. The van der Waals surface area contributed by atoms with E-state index in [9.17, 15) is 0 Å². The minimum atomic E-state index is 0.442. The van der Waals surface area contributed by atoms with Gasteiger partial charge in [-0.2, -0.15) is 0 Å². The monoisotopic (exact) mass is 237 g/mol. The first-order chi connectivity index (χ1) is 8.75. The highest BCUT2D eigenvalue weighted by molar-refractivity contribution is 5.81. The van der Waals surface area contributed by atoms with Gasteiger partial charge in [0.1, 0.15) is 0 Å². The van der Waals surface area contributed by atoms with E-state index >= 15 is 0 Å². The number of pyridine rings is 2. The fraction of sp³-hybridized carbons (Fsp3) is 0.200. The minimum absolute atomic E-state index is 0.442. The lowest BCUT2D eigenvalue weighted by atomic mass is 10.1. The molecular weight excluding hydrogens is 222 g/mol. The van der Waals surface area contributed by atoms with Crippen LogP contribution in [0, 0.1) is 0 Å². The Kier molecular flexibility index (Phi) is 2.59.